The number of ether oxygens (including phenoxy) is 2. The molecule has 1 aromatic rings. The van der Waals surface area contributed by atoms with Crippen molar-refractivity contribution < 1.29 is 17.9 Å². The maximum absolute atomic E-state index is 13.0. The Labute approximate surface area is 139 Å². The number of benzene rings is 1. The van der Waals surface area contributed by atoms with Gasteiger partial charge in [-0.3, -0.25) is 0 Å². The van der Waals surface area contributed by atoms with E-state index in [1.807, 2.05) is 13.0 Å². The molecule has 1 aliphatic rings. The molecular formula is C17H27NO4S. The summed E-state index contributed by atoms with van der Waals surface area (Å²) in [5, 5.41) is 0. The molecule has 1 saturated heterocycles. The number of morpholine rings is 1. The van der Waals surface area contributed by atoms with E-state index in [0.717, 1.165) is 12.0 Å². The molecule has 0 radical (unpaired) electrons. The predicted molar refractivity (Wildman–Crippen MR) is 90.5 cm³/mol. The summed E-state index contributed by atoms with van der Waals surface area (Å²) in [4.78, 5) is 0.264. The van der Waals surface area contributed by atoms with Crippen molar-refractivity contribution in [3.63, 3.8) is 0 Å². The minimum Gasteiger partial charge on any atom is -0.492 e. The van der Waals surface area contributed by atoms with Crippen LogP contribution in [0.15, 0.2) is 23.1 Å². The molecule has 2 rings (SSSR count). The average Bonchev–Trinajstić information content (AvgIpc) is 2.52. The monoisotopic (exact) mass is 341 g/mol. The molecule has 0 atom stereocenters. The Balaban J connectivity index is 2.47. The Morgan fingerprint density at radius 2 is 1.87 bits per heavy atom. The molecule has 0 unspecified atom stereocenters. The SMILES string of the molecule is CCCOc1ccc(C(C)(C)C)cc1S(=O)(=O)N1CCOCC1. The van der Waals surface area contributed by atoms with E-state index in [4.69, 9.17) is 9.47 Å². The summed E-state index contributed by atoms with van der Waals surface area (Å²) in [5.41, 5.74) is 0.853. The van der Waals surface area contributed by atoms with Gasteiger partial charge in [-0.2, -0.15) is 4.31 Å². The standard InChI is InChI=1S/C17H27NO4S/c1-5-10-22-15-7-6-14(17(2,3)4)13-16(15)23(19,20)18-8-11-21-12-9-18/h6-7,13H,5,8-12H2,1-4H3. The van der Waals surface area contributed by atoms with E-state index in [1.165, 1.54) is 4.31 Å². The third-order valence-corrected chi connectivity index (χ3v) is 5.78. The molecule has 1 fully saturated rings. The summed E-state index contributed by atoms with van der Waals surface area (Å²) in [6.45, 7) is 10.3. The highest BCUT2D eigenvalue weighted by atomic mass is 32.2. The molecule has 0 aromatic heterocycles. The Bertz CT molecular complexity index is 628. The number of rotatable bonds is 5. The molecule has 0 N–H and O–H groups in total. The van der Waals surface area contributed by atoms with E-state index in [2.05, 4.69) is 20.8 Å². The van der Waals surface area contributed by atoms with Crippen LogP contribution < -0.4 is 4.74 Å². The minimum absolute atomic E-state index is 0.126. The van der Waals surface area contributed by atoms with Crippen LogP contribution in [0, 0.1) is 0 Å². The zero-order chi connectivity index (χ0) is 17.1. The summed E-state index contributed by atoms with van der Waals surface area (Å²) in [7, 11) is -3.58. The largest absolute Gasteiger partial charge is 0.492 e. The Hall–Kier alpha value is -1.11. The van der Waals surface area contributed by atoms with Crippen molar-refractivity contribution in [1.82, 2.24) is 4.31 Å². The van der Waals surface area contributed by atoms with Crippen LogP contribution in [0.25, 0.3) is 0 Å². The first-order valence-corrected chi connectivity index (χ1v) is 9.56. The van der Waals surface area contributed by atoms with Crippen molar-refractivity contribution in [2.24, 2.45) is 0 Å². The van der Waals surface area contributed by atoms with E-state index >= 15 is 0 Å². The number of nitrogens with zero attached hydrogens (tertiary/aromatic N) is 1. The molecule has 0 amide bonds. The van der Waals surface area contributed by atoms with Crippen LogP contribution in [0.3, 0.4) is 0 Å². The lowest BCUT2D eigenvalue weighted by Crippen LogP contribution is -2.40. The maximum atomic E-state index is 13.0. The highest BCUT2D eigenvalue weighted by molar-refractivity contribution is 7.89. The fourth-order valence-electron chi connectivity index (χ4n) is 2.43. The first kappa shape index (κ1) is 18.2. The molecule has 0 spiro atoms. The van der Waals surface area contributed by atoms with Gasteiger partial charge in [0, 0.05) is 13.1 Å². The second-order valence-electron chi connectivity index (χ2n) is 6.78. The van der Waals surface area contributed by atoms with Crippen LogP contribution in [-0.4, -0.2) is 45.6 Å². The summed E-state index contributed by atoms with van der Waals surface area (Å²) in [6, 6.07) is 5.49. The Morgan fingerprint density at radius 3 is 2.43 bits per heavy atom. The van der Waals surface area contributed by atoms with Gasteiger partial charge in [-0.1, -0.05) is 33.8 Å². The molecule has 0 saturated carbocycles. The van der Waals surface area contributed by atoms with Crippen LogP contribution in [0.1, 0.15) is 39.7 Å². The quantitative estimate of drug-likeness (QED) is 0.826. The van der Waals surface area contributed by atoms with Crippen LogP contribution in [0.2, 0.25) is 0 Å². The fourth-order valence-corrected chi connectivity index (χ4v) is 4.00. The predicted octanol–water partition coefficient (Wildman–Crippen LogP) is 2.79. The zero-order valence-electron chi connectivity index (χ0n) is 14.5. The lowest BCUT2D eigenvalue weighted by Gasteiger charge is -2.28. The van der Waals surface area contributed by atoms with Gasteiger partial charge in [-0.05, 0) is 29.5 Å². The van der Waals surface area contributed by atoms with Crippen molar-refractivity contribution in [1.29, 1.82) is 0 Å². The topological polar surface area (TPSA) is 55.8 Å². The van der Waals surface area contributed by atoms with Crippen LogP contribution >= 0.6 is 0 Å². The molecule has 1 aliphatic heterocycles. The van der Waals surface area contributed by atoms with E-state index in [9.17, 15) is 8.42 Å². The molecule has 1 heterocycles. The van der Waals surface area contributed by atoms with Crippen LogP contribution in [0.5, 0.6) is 5.75 Å². The highest BCUT2D eigenvalue weighted by Gasteiger charge is 2.30. The molecule has 6 heteroatoms. The van der Waals surface area contributed by atoms with Gasteiger partial charge in [-0.15, -0.1) is 0 Å². The van der Waals surface area contributed by atoms with Gasteiger partial charge in [0.1, 0.15) is 10.6 Å². The van der Waals surface area contributed by atoms with Crippen molar-refractivity contribution in [3.05, 3.63) is 23.8 Å². The van der Waals surface area contributed by atoms with Crippen LogP contribution in [0.4, 0.5) is 0 Å². The van der Waals surface area contributed by atoms with Gasteiger partial charge in [0.25, 0.3) is 0 Å². The van der Waals surface area contributed by atoms with Crippen molar-refractivity contribution in [3.8, 4) is 5.75 Å². The van der Waals surface area contributed by atoms with E-state index in [-0.39, 0.29) is 10.3 Å². The molecule has 1 aromatic carbocycles. The number of hydrogen-bond donors (Lipinski definition) is 0. The number of sulfonamides is 1. The van der Waals surface area contributed by atoms with Gasteiger partial charge in [0.05, 0.1) is 19.8 Å². The van der Waals surface area contributed by atoms with Crippen molar-refractivity contribution >= 4 is 10.0 Å². The highest BCUT2D eigenvalue weighted by Crippen LogP contribution is 2.33. The third kappa shape index (κ3) is 4.25. The summed E-state index contributed by atoms with van der Waals surface area (Å²) < 4.78 is 38.5. The minimum atomic E-state index is -3.58. The van der Waals surface area contributed by atoms with E-state index in [0.29, 0.717) is 38.7 Å². The van der Waals surface area contributed by atoms with Gasteiger partial charge in [0.2, 0.25) is 10.0 Å². The molecular weight excluding hydrogens is 314 g/mol. The molecule has 5 nitrogen and oxygen atoms in total. The van der Waals surface area contributed by atoms with Gasteiger partial charge >= 0.3 is 0 Å². The summed E-state index contributed by atoms with van der Waals surface area (Å²) in [6.07, 6.45) is 0.831. The zero-order valence-corrected chi connectivity index (χ0v) is 15.3. The molecule has 0 bridgehead atoms. The first-order valence-electron chi connectivity index (χ1n) is 8.12. The second kappa shape index (κ2) is 7.20. The van der Waals surface area contributed by atoms with Gasteiger partial charge < -0.3 is 9.47 Å². The van der Waals surface area contributed by atoms with Gasteiger partial charge in [0.15, 0.2) is 0 Å². The lowest BCUT2D eigenvalue weighted by atomic mass is 9.87. The Morgan fingerprint density at radius 1 is 1.22 bits per heavy atom. The molecule has 23 heavy (non-hydrogen) atoms. The second-order valence-corrected chi connectivity index (χ2v) is 8.68. The smallest absolute Gasteiger partial charge is 0.246 e. The first-order chi connectivity index (χ1) is 10.8. The third-order valence-electron chi connectivity index (χ3n) is 3.86. The molecule has 130 valence electrons. The molecule has 0 aliphatic carbocycles. The van der Waals surface area contributed by atoms with E-state index < -0.39 is 10.0 Å². The van der Waals surface area contributed by atoms with Gasteiger partial charge in [-0.25, -0.2) is 8.42 Å². The maximum Gasteiger partial charge on any atom is 0.246 e. The summed E-state index contributed by atoms with van der Waals surface area (Å²) >= 11 is 0. The van der Waals surface area contributed by atoms with E-state index in [1.54, 1.807) is 12.1 Å². The number of hydrogen-bond acceptors (Lipinski definition) is 4. The lowest BCUT2D eigenvalue weighted by molar-refractivity contribution is 0.0729. The van der Waals surface area contributed by atoms with Crippen LogP contribution in [-0.2, 0) is 20.2 Å². The normalized spacial score (nSPS) is 17.2. The van der Waals surface area contributed by atoms with Crippen molar-refractivity contribution in [2.45, 2.75) is 44.4 Å². The summed E-state index contributed by atoms with van der Waals surface area (Å²) in [5.74, 6) is 0.436. The van der Waals surface area contributed by atoms with Crippen molar-refractivity contribution in [2.75, 3.05) is 32.9 Å². The Kier molecular flexibility index (Phi) is 5.70. The average molecular weight is 341 g/mol. The fraction of sp³-hybridized carbons (Fsp3) is 0.647.